The highest BCUT2D eigenvalue weighted by atomic mass is 79.9. The quantitative estimate of drug-likeness (QED) is 0.374. The van der Waals surface area contributed by atoms with Crippen LogP contribution in [0.4, 0.5) is 11.4 Å². The van der Waals surface area contributed by atoms with E-state index in [0.29, 0.717) is 10.5 Å². The molecule has 0 aliphatic carbocycles. The molecule has 0 bridgehead atoms. The van der Waals surface area contributed by atoms with E-state index in [-0.39, 0.29) is 5.91 Å². The number of fused-ring (bicyclic) bond motifs is 1. The zero-order valence-electron chi connectivity index (χ0n) is 17.9. The number of hydrogen-bond donors (Lipinski definition) is 1. The first-order chi connectivity index (χ1) is 16.0. The smallest absolute Gasteiger partial charge is 0.276 e. The van der Waals surface area contributed by atoms with E-state index in [2.05, 4.69) is 33.4 Å². The van der Waals surface area contributed by atoms with Crippen molar-refractivity contribution in [2.45, 2.75) is 6.92 Å². The van der Waals surface area contributed by atoms with Crippen molar-refractivity contribution in [2.24, 2.45) is 10.1 Å². The van der Waals surface area contributed by atoms with Gasteiger partial charge in [0.15, 0.2) is 5.71 Å². The highest BCUT2D eigenvalue weighted by Gasteiger charge is 2.27. The van der Waals surface area contributed by atoms with E-state index in [1.165, 1.54) is 16.9 Å². The maximum Gasteiger partial charge on any atom is 0.276 e. The highest BCUT2D eigenvalue weighted by Crippen LogP contribution is 2.28. The van der Waals surface area contributed by atoms with E-state index in [0.717, 1.165) is 38.4 Å². The standard InChI is InChI=1S/C25H19BrN4O2S/c1-15-3-5-16(6-4-15)22-14-33-25(27-18-8-10-19(32-2)11-9-18)30(22)29-23-20-13-17(26)7-12-21(20)28-24(23)31/h3-14H,1-2H3,(H,28,29,31). The van der Waals surface area contributed by atoms with Gasteiger partial charge in [-0.15, -0.1) is 11.3 Å². The molecule has 0 atom stereocenters. The Morgan fingerprint density at radius 2 is 1.79 bits per heavy atom. The fraction of sp³-hybridized carbons (Fsp3) is 0.0800. The molecular formula is C25H19BrN4O2S. The molecule has 1 aliphatic rings. The van der Waals surface area contributed by atoms with Crippen molar-refractivity contribution < 1.29 is 9.53 Å². The van der Waals surface area contributed by atoms with Crippen LogP contribution in [-0.2, 0) is 4.79 Å². The van der Waals surface area contributed by atoms with Gasteiger partial charge in [-0.05, 0) is 49.4 Å². The maximum absolute atomic E-state index is 12.8. The maximum atomic E-state index is 12.8. The number of nitrogens with one attached hydrogen (secondary N) is 1. The fourth-order valence-electron chi connectivity index (χ4n) is 3.49. The second-order valence-corrected chi connectivity index (χ2v) is 9.24. The van der Waals surface area contributed by atoms with Crippen LogP contribution in [0.1, 0.15) is 11.1 Å². The van der Waals surface area contributed by atoms with Crippen LogP contribution in [0.15, 0.2) is 86.7 Å². The number of thiazole rings is 1. The van der Waals surface area contributed by atoms with Crippen molar-refractivity contribution in [2.75, 3.05) is 12.4 Å². The van der Waals surface area contributed by atoms with Gasteiger partial charge >= 0.3 is 0 Å². The predicted octanol–water partition coefficient (Wildman–Crippen LogP) is 5.73. The zero-order valence-corrected chi connectivity index (χ0v) is 20.3. The number of nitrogens with zero attached hydrogens (tertiary/aromatic N) is 3. The average Bonchev–Trinajstić information content (AvgIpc) is 3.35. The molecule has 4 aromatic rings. The number of rotatable bonds is 4. The Balaban J connectivity index is 1.70. The minimum absolute atomic E-state index is 0.243. The van der Waals surface area contributed by atoms with E-state index in [4.69, 9.17) is 14.8 Å². The second kappa shape index (κ2) is 8.80. The molecule has 33 heavy (non-hydrogen) atoms. The summed E-state index contributed by atoms with van der Waals surface area (Å²) in [5, 5.41) is 9.70. The minimum Gasteiger partial charge on any atom is -0.497 e. The number of carbonyl (C=O) groups excluding carboxylic acids is 1. The minimum atomic E-state index is -0.243. The lowest BCUT2D eigenvalue weighted by molar-refractivity contribution is -0.110. The van der Waals surface area contributed by atoms with Gasteiger partial charge in [-0.2, -0.15) is 5.10 Å². The number of ether oxygens (including phenoxy) is 1. The summed E-state index contributed by atoms with van der Waals surface area (Å²) in [5.74, 6) is 0.519. The van der Waals surface area contributed by atoms with Gasteiger partial charge in [-0.25, -0.2) is 9.67 Å². The van der Waals surface area contributed by atoms with Gasteiger partial charge in [0.25, 0.3) is 5.91 Å². The molecule has 6 nitrogen and oxygen atoms in total. The molecule has 1 amide bonds. The third kappa shape index (κ3) is 4.27. The Morgan fingerprint density at radius 1 is 1.03 bits per heavy atom. The van der Waals surface area contributed by atoms with Crippen molar-refractivity contribution >= 4 is 50.3 Å². The van der Waals surface area contributed by atoms with Crippen LogP contribution in [0.5, 0.6) is 5.75 Å². The summed E-state index contributed by atoms with van der Waals surface area (Å²) >= 11 is 4.96. The number of carbonyl (C=O) groups is 1. The van der Waals surface area contributed by atoms with E-state index in [1.807, 2.05) is 66.9 Å². The van der Waals surface area contributed by atoms with Crippen LogP contribution < -0.4 is 14.9 Å². The van der Waals surface area contributed by atoms with Crippen molar-refractivity contribution in [3.63, 3.8) is 0 Å². The fourth-order valence-corrected chi connectivity index (χ4v) is 4.70. The lowest BCUT2D eigenvalue weighted by Crippen LogP contribution is -2.20. The molecule has 0 saturated carbocycles. The van der Waals surface area contributed by atoms with Crippen LogP contribution in [0.25, 0.3) is 11.3 Å². The summed E-state index contributed by atoms with van der Waals surface area (Å²) < 4.78 is 7.86. The highest BCUT2D eigenvalue weighted by molar-refractivity contribution is 9.10. The molecule has 0 spiro atoms. The first-order valence-corrected chi connectivity index (χ1v) is 11.9. The molecule has 5 rings (SSSR count). The number of hydrogen-bond acceptors (Lipinski definition) is 5. The van der Waals surface area contributed by atoms with E-state index in [1.54, 1.807) is 11.8 Å². The molecule has 8 heteroatoms. The molecule has 2 heterocycles. The third-order valence-electron chi connectivity index (χ3n) is 5.23. The molecular weight excluding hydrogens is 500 g/mol. The summed E-state index contributed by atoms with van der Waals surface area (Å²) in [6, 6.07) is 21.3. The van der Waals surface area contributed by atoms with Crippen LogP contribution >= 0.6 is 27.3 Å². The van der Waals surface area contributed by atoms with Gasteiger partial charge < -0.3 is 10.1 Å². The Kier molecular flexibility index (Phi) is 5.70. The van der Waals surface area contributed by atoms with Crippen molar-refractivity contribution in [3.05, 3.63) is 92.5 Å². The number of halogens is 1. The van der Waals surface area contributed by atoms with Crippen LogP contribution in [0, 0.1) is 6.92 Å². The van der Waals surface area contributed by atoms with E-state index < -0.39 is 0 Å². The van der Waals surface area contributed by atoms with Crippen LogP contribution in [-0.4, -0.2) is 23.4 Å². The number of benzene rings is 3. The van der Waals surface area contributed by atoms with Crippen molar-refractivity contribution in [3.8, 4) is 17.0 Å². The van der Waals surface area contributed by atoms with Gasteiger partial charge in [-0.1, -0.05) is 45.8 Å². The summed E-state index contributed by atoms with van der Waals surface area (Å²) in [7, 11) is 1.63. The lowest BCUT2D eigenvalue weighted by atomic mass is 10.1. The Bertz CT molecular complexity index is 1450. The van der Waals surface area contributed by atoms with Crippen LogP contribution in [0.2, 0.25) is 0 Å². The zero-order chi connectivity index (χ0) is 22.9. The summed E-state index contributed by atoms with van der Waals surface area (Å²) in [6.45, 7) is 2.05. The molecule has 0 radical (unpaired) electrons. The van der Waals surface area contributed by atoms with E-state index >= 15 is 0 Å². The molecule has 0 fully saturated rings. The topological polar surface area (TPSA) is 68.0 Å². The number of aromatic nitrogens is 1. The van der Waals surface area contributed by atoms with Gasteiger partial charge in [0.05, 0.1) is 24.2 Å². The monoisotopic (exact) mass is 518 g/mol. The number of methoxy groups -OCH3 is 1. The van der Waals surface area contributed by atoms with Gasteiger partial charge in [0.2, 0.25) is 4.80 Å². The third-order valence-corrected chi connectivity index (χ3v) is 6.54. The van der Waals surface area contributed by atoms with Gasteiger partial charge in [0.1, 0.15) is 5.75 Å². The van der Waals surface area contributed by atoms with Crippen molar-refractivity contribution in [1.82, 2.24) is 4.68 Å². The summed E-state index contributed by atoms with van der Waals surface area (Å²) in [4.78, 5) is 18.2. The van der Waals surface area contributed by atoms with E-state index in [9.17, 15) is 4.79 Å². The SMILES string of the molecule is COc1ccc(N=c2scc(-c3ccc(C)cc3)n2/N=C2\C(=O)Nc3ccc(Br)cc32)cc1. The van der Waals surface area contributed by atoms with Crippen LogP contribution in [0.3, 0.4) is 0 Å². The molecule has 1 N–H and O–H groups in total. The Labute approximate surface area is 203 Å². The molecule has 164 valence electrons. The first kappa shape index (κ1) is 21.4. The molecule has 1 aromatic heterocycles. The second-order valence-electron chi connectivity index (χ2n) is 7.48. The molecule has 0 unspecified atom stereocenters. The molecule has 3 aromatic carbocycles. The average molecular weight is 519 g/mol. The Hall–Kier alpha value is -3.49. The lowest BCUT2D eigenvalue weighted by Gasteiger charge is -2.06. The van der Waals surface area contributed by atoms with Crippen molar-refractivity contribution in [1.29, 1.82) is 0 Å². The first-order valence-electron chi connectivity index (χ1n) is 10.2. The Morgan fingerprint density at radius 3 is 2.52 bits per heavy atom. The predicted molar refractivity (Wildman–Crippen MR) is 135 cm³/mol. The number of aryl methyl sites for hydroxylation is 1. The summed E-state index contributed by atoms with van der Waals surface area (Å²) in [6.07, 6.45) is 0. The molecule has 0 saturated heterocycles. The number of anilines is 1. The van der Waals surface area contributed by atoms with Gasteiger partial charge in [0, 0.05) is 21.0 Å². The largest absolute Gasteiger partial charge is 0.497 e. The van der Waals surface area contributed by atoms with Gasteiger partial charge in [-0.3, -0.25) is 4.79 Å². The molecule has 1 aliphatic heterocycles. The summed E-state index contributed by atoms with van der Waals surface area (Å²) in [5.41, 5.74) is 5.61. The number of amides is 1. The normalized spacial score (nSPS) is 14.5.